The molecule has 1 heterocycles. The van der Waals surface area contributed by atoms with Crippen LogP contribution in [0, 0.1) is 0 Å². The number of rotatable bonds is 3. The molecule has 1 aromatic rings. The van der Waals surface area contributed by atoms with Crippen molar-refractivity contribution < 1.29 is 14.7 Å². The Labute approximate surface area is 122 Å². The first kappa shape index (κ1) is 14.7. The third kappa shape index (κ3) is 2.90. The summed E-state index contributed by atoms with van der Waals surface area (Å²) in [6.45, 7) is 2.07. The van der Waals surface area contributed by atoms with Gasteiger partial charge in [-0.05, 0) is 24.1 Å². The number of carbonyl (C=O) groups is 2. The van der Waals surface area contributed by atoms with Crippen molar-refractivity contribution in [2.45, 2.75) is 19.4 Å². The van der Waals surface area contributed by atoms with E-state index in [1.54, 1.807) is 7.05 Å². The lowest BCUT2D eigenvalue weighted by atomic mass is 10.1. The third-order valence-corrected chi connectivity index (χ3v) is 4.44. The fourth-order valence-electron chi connectivity index (χ4n) is 2.09. The van der Waals surface area contributed by atoms with Gasteiger partial charge in [0.25, 0.3) is 0 Å². The molecule has 5 nitrogen and oxygen atoms in total. The molecule has 2 amide bonds. The van der Waals surface area contributed by atoms with Gasteiger partial charge >= 0.3 is 12.0 Å². The van der Waals surface area contributed by atoms with Crippen molar-refractivity contribution in [1.82, 2.24) is 4.90 Å². The topological polar surface area (TPSA) is 60.9 Å². The lowest BCUT2D eigenvalue weighted by Crippen LogP contribution is -2.47. The minimum absolute atomic E-state index is 0.272. The van der Waals surface area contributed by atoms with Gasteiger partial charge < -0.3 is 10.0 Å². The van der Waals surface area contributed by atoms with Crippen molar-refractivity contribution >= 4 is 29.4 Å². The zero-order valence-electron chi connectivity index (χ0n) is 11.6. The van der Waals surface area contributed by atoms with E-state index in [-0.39, 0.29) is 6.03 Å². The van der Waals surface area contributed by atoms with Gasteiger partial charge in [0, 0.05) is 18.5 Å². The van der Waals surface area contributed by atoms with Crippen LogP contribution in [0.5, 0.6) is 0 Å². The molecule has 20 heavy (non-hydrogen) atoms. The van der Waals surface area contributed by atoms with Gasteiger partial charge in [0.15, 0.2) is 0 Å². The number of aliphatic carboxylic acids is 1. The van der Waals surface area contributed by atoms with E-state index in [1.165, 1.54) is 27.1 Å². The van der Waals surface area contributed by atoms with Crippen molar-refractivity contribution in [3.05, 3.63) is 29.8 Å². The summed E-state index contributed by atoms with van der Waals surface area (Å²) < 4.78 is 0. The molecule has 1 saturated heterocycles. The number of urea groups is 1. The summed E-state index contributed by atoms with van der Waals surface area (Å²) >= 11 is 1.46. The Balaban J connectivity index is 2.13. The Morgan fingerprint density at radius 1 is 1.40 bits per heavy atom. The van der Waals surface area contributed by atoms with Crippen LogP contribution in [-0.2, 0) is 11.2 Å². The van der Waals surface area contributed by atoms with Crippen molar-refractivity contribution in [2.75, 3.05) is 23.6 Å². The van der Waals surface area contributed by atoms with E-state index >= 15 is 0 Å². The van der Waals surface area contributed by atoms with E-state index in [2.05, 4.69) is 6.92 Å². The third-order valence-electron chi connectivity index (χ3n) is 3.43. The number of aryl methyl sites for hydroxylation is 1. The minimum Gasteiger partial charge on any atom is -0.480 e. The highest BCUT2D eigenvalue weighted by atomic mass is 32.2. The molecule has 0 aromatic heterocycles. The van der Waals surface area contributed by atoms with Crippen LogP contribution in [0.15, 0.2) is 24.3 Å². The monoisotopic (exact) mass is 294 g/mol. The summed E-state index contributed by atoms with van der Waals surface area (Å²) in [5, 5.41) is 9.13. The maximum Gasteiger partial charge on any atom is 0.327 e. The lowest BCUT2D eigenvalue weighted by molar-refractivity contribution is -0.140. The highest BCUT2D eigenvalue weighted by Gasteiger charge is 2.36. The molecule has 2 rings (SSSR count). The molecule has 0 spiro atoms. The van der Waals surface area contributed by atoms with Gasteiger partial charge in [-0.3, -0.25) is 4.90 Å². The number of benzene rings is 1. The number of thioether (sulfide) groups is 1. The number of carbonyl (C=O) groups excluding carboxylic acids is 1. The Kier molecular flexibility index (Phi) is 4.54. The molecule has 1 atom stereocenters. The molecular weight excluding hydrogens is 276 g/mol. The molecule has 0 unspecified atom stereocenters. The van der Waals surface area contributed by atoms with Crippen LogP contribution in [0.25, 0.3) is 0 Å². The Morgan fingerprint density at radius 2 is 2.05 bits per heavy atom. The first-order valence-electron chi connectivity index (χ1n) is 6.48. The van der Waals surface area contributed by atoms with Crippen LogP contribution in [0.1, 0.15) is 12.5 Å². The molecule has 1 aromatic carbocycles. The maximum atomic E-state index is 12.4. The first-order chi connectivity index (χ1) is 9.54. The number of anilines is 1. The minimum atomic E-state index is -0.946. The van der Waals surface area contributed by atoms with E-state index < -0.39 is 12.0 Å². The summed E-state index contributed by atoms with van der Waals surface area (Å²) in [6.07, 6.45) is 0.946. The Morgan fingerprint density at radius 3 is 2.60 bits per heavy atom. The van der Waals surface area contributed by atoms with Gasteiger partial charge in [-0.1, -0.05) is 19.1 Å². The molecule has 0 bridgehead atoms. The van der Waals surface area contributed by atoms with E-state index in [0.717, 1.165) is 12.1 Å². The predicted octanol–water partition coefficient (Wildman–Crippen LogP) is 2.26. The smallest absolute Gasteiger partial charge is 0.327 e. The summed E-state index contributed by atoms with van der Waals surface area (Å²) in [7, 11) is 1.67. The summed E-state index contributed by atoms with van der Waals surface area (Å²) in [5.41, 5.74) is 1.97. The molecule has 1 aliphatic rings. The SMILES string of the molecule is CCc1ccc(N(C)C(=O)N2CSC[C@H]2C(=O)O)cc1. The molecule has 0 aliphatic carbocycles. The van der Waals surface area contributed by atoms with Gasteiger partial charge in [0.05, 0.1) is 5.88 Å². The van der Waals surface area contributed by atoms with Crippen molar-refractivity contribution in [3.8, 4) is 0 Å². The van der Waals surface area contributed by atoms with E-state index in [0.29, 0.717) is 11.6 Å². The second-order valence-electron chi connectivity index (χ2n) is 4.69. The van der Waals surface area contributed by atoms with E-state index in [4.69, 9.17) is 5.11 Å². The van der Waals surface area contributed by atoms with Crippen molar-refractivity contribution in [2.24, 2.45) is 0 Å². The highest BCUT2D eigenvalue weighted by molar-refractivity contribution is 7.99. The standard InChI is InChI=1S/C14H18N2O3S/c1-3-10-4-6-11(7-5-10)15(2)14(19)16-9-20-8-12(16)13(17)18/h4-7,12H,3,8-9H2,1-2H3,(H,17,18)/t12-/m0/s1. The largest absolute Gasteiger partial charge is 0.480 e. The van der Waals surface area contributed by atoms with E-state index in [1.807, 2.05) is 24.3 Å². The number of carboxylic acid groups (broad SMARTS) is 1. The second-order valence-corrected chi connectivity index (χ2v) is 5.69. The second kappa shape index (κ2) is 6.17. The predicted molar refractivity (Wildman–Crippen MR) is 80.2 cm³/mol. The normalized spacial score (nSPS) is 18.1. The summed E-state index contributed by atoms with van der Waals surface area (Å²) in [5.74, 6) is -0.0743. The van der Waals surface area contributed by atoms with Crippen molar-refractivity contribution in [1.29, 1.82) is 0 Å². The number of hydrogen-bond acceptors (Lipinski definition) is 3. The molecule has 0 saturated carbocycles. The van der Waals surface area contributed by atoms with Gasteiger partial charge in [-0.2, -0.15) is 0 Å². The van der Waals surface area contributed by atoms with E-state index in [9.17, 15) is 9.59 Å². The fraction of sp³-hybridized carbons (Fsp3) is 0.429. The first-order valence-corrected chi connectivity index (χ1v) is 7.64. The van der Waals surface area contributed by atoms with Crippen LogP contribution in [0.2, 0.25) is 0 Å². The van der Waals surface area contributed by atoms with Crippen LogP contribution in [-0.4, -0.2) is 46.7 Å². The van der Waals surface area contributed by atoms with Crippen LogP contribution in [0.3, 0.4) is 0 Å². The van der Waals surface area contributed by atoms with Gasteiger partial charge in [-0.15, -0.1) is 11.8 Å². The molecule has 1 fully saturated rings. The maximum absolute atomic E-state index is 12.4. The van der Waals surface area contributed by atoms with Crippen LogP contribution >= 0.6 is 11.8 Å². The number of hydrogen-bond donors (Lipinski definition) is 1. The summed E-state index contributed by atoms with van der Waals surface area (Å²) in [4.78, 5) is 26.4. The van der Waals surface area contributed by atoms with Crippen LogP contribution < -0.4 is 4.90 Å². The zero-order valence-corrected chi connectivity index (χ0v) is 12.4. The van der Waals surface area contributed by atoms with Gasteiger partial charge in [0.2, 0.25) is 0 Å². The Bertz CT molecular complexity index is 504. The van der Waals surface area contributed by atoms with Gasteiger partial charge in [0.1, 0.15) is 6.04 Å². The zero-order chi connectivity index (χ0) is 14.7. The fourth-order valence-corrected chi connectivity index (χ4v) is 3.23. The molecule has 108 valence electrons. The molecule has 1 aliphatic heterocycles. The number of carboxylic acids is 1. The molecule has 0 radical (unpaired) electrons. The lowest BCUT2D eigenvalue weighted by Gasteiger charge is -2.27. The number of amides is 2. The summed E-state index contributed by atoms with van der Waals surface area (Å²) in [6, 6.07) is 6.72. The molecule has 6 heteroatoms. The Hall–Kier alpha value is -1.69. The highest BCUT2D eigenvalue weighted by Crippen LogP contribution is 2.24. The average Bonchev–Trinajstić information content (AvgIpc) is 2.95. The quantitative estimate of drug-likeness (QED) is 0.929. The molecule has 1 N–H and O–H groups in total. The molecular formula is C14H18N2O3S. The van der Waals surface area contributed by atoms with Gasteiger partial charge in [-0.25, -0.2) is 9.59 Å². The van der Waals surface area contributed by atoms with Crippen LogP contribution in [0.4, 0.5) is 10.5 Å². The van der Waals surface area contributed by atoms with Crippen molar-refractivity contribution in [3.63, 3.8) is 0 Å². The average molecular weight is 294 g/mol. The number of nitrogens with zero attached hydrogens (tertiary/aromatic N) is 2.